The van der Waals surface area contributed by atoms with E-state index in [1.807, 2.05) is 67.7 Å². The van der Waals surface area contributed by atoms with Gasteiger partial charge in [0.2, 0.25) is 5.91 Å². The Morgan fingerprint density at radius 3 is 2.69 bits per heavy atom. The lowest BCUT2D eigenvalue weighted by atomic mass is 10.2. The summed E-state index contributed by atoms with van der Waals surface area (Å²) in [6.07, 6.45) is 3.94. The van der Waals surface area contributed by atoms with Crippen LogP contribution in [0.3, 0.4) is 0 Å². The van der Waals surface area contributed by atoms with Crippen LogP contribution in [0.2, 0.25) is 0 Å². The molecule has 1 atom stereocenters. The van der Waals surface area contributed by atoms with Crippen molar-refractivity contribution in [3.8, 4) is 11.4 Å². The van der Waals surface area contributed by atoms with Crippen LogP contribution in [0.1, 0.15) is 19.4 Å². The SMILES string of the molecule is C[C@H](CC(=O)Nc1ccc(-c2nc3ccccc3[nH]2)cc1)n1cccn1. The van der Waals surface area contributed by atoms with Crippen molar-refractivity contribution in [2.24, 2.45) is 0 Å². The molecule has 26 heavy (non-hydrogen) atoms. The maximum absolute atomic E-state index is 12.2. The number of carbonyl (C=O) groups is 1. The zero-order chi connectivity index (χ0) is 17.9. The van der Waals surface area contributed by atoms with Crippen molar-refractivity contribution in [1.82, 2.24) is 19.7 Å². The van der Waals surface area contributed by atoms with Gasteiger partial charge in [-0.1, -0.05) is 12.1 Å². The Hall–Kier alpha value is -3.41. The van der Waals surface area contributed by atoms with E-state index in [1.165, 1.54) is 0 Å². The lowest BCUT2D eigenvalue weighted by Crippen LogP contribution is -2.17. The van der Waals surface area contributed by atoms with Crippen LogP contribution in [-0.4, -0.2) is 25.7 Å². The van der Waals surface area contributed by atoms with Gasteiger partial charge in [-0.3, -0.25) is 9.48 Å². The molecule has 0 aliphatic carbocycles. The molecule has 6 heteroatoms. The molecule has 2 aromatic heterocycles. The van der Waals surface area contributed by atoms with Crippen LogP contribution in [0.15, 0.2) is 67.0 Å². The van der Waals surface area contributed by atoms with E-state index < -0.39 is 0 Å². The Morgan fingerprint density at radius 1 is 1.15 bits per heavy atom. The number of imidazole rings is 1. The first-order valence-corrected chi connectivity index (χ1v) is 8.53. The molecule has 2 aromatic carbocycles. The molecule has 0 unspecified atom stereocenters. The van der Waals surface area contributed by atoms with Crippen LogP contribution in [0.4, 0.5) is 5.69 Å². The molecule has 2 N–H and O–H groups in total. The highest BCUT2D eigenvalue weighted by Gasteiger charge is 2.11. The van der Waals surface area contributed by atoms with Crippen molar-refractivity contribution in [2.45, 2.75) is 19.4 Å². The van der Waals surface area contributed by atoms with Gasteiger partial charge >= 0.3 is 0 Å². The molecule has 130 valence electrons. The van der Waals surface area contributed by atoms with Crippen molar-refractivity contribution < 1.29 is 4.79 Å². The van der Waals surface area contributed by atoms with Gasteiger partial charge < -0.3 is 10.3 Å². The zero-order valence-corrected chi connectivity index (χ0v) is 14.4. The van der Waals surface area contributed by atoms with Crippen LogP contribution in [0, 0.1) is 0 Å². The maximum atomic E-state index is 12.2. The normalized spacial score (nSPS) is 12.2. The van der Waals surface area contributed by atoms with Crippen molar-refractivity contribution in [3.63, 3.8) is 0 Å². The number of aromatic amines is 1. The van der Waals surface area contributed by atoms with Crippen LogP contribution in [-0.2, 0) is 4.79 Å². The molecule has 2 heterocycles. The van der Waals surface area contributed by atoms with Gasteiger partial charge in [0.15, 0.2) is 0 Å². The van der Waals surface area contributed by atoms with Crippen molar-refractivity contribution in [1.29, 1.82) is 0 Å². The average molecular weight is 345 g/mol. The second-order valence-corrected chi connectivity index (χ2v) is 6.27. The molecule has 0 bridgehead atoms. The van der Waals surface area contributed by atoms with Crippen LogP contribution < -0.4 is 5.32 Å². The van der Waals surface area contributed by atoms with Crippen LogP contribution >= 0.6 is 0 Å². The van der Waals surface area contributed by atoms with E-state index in [-0.39, 0.29) is 11.9 Å². The third-order valence-corrected chi connectivity index (χ3v) is 4.29. The monoisotopic (exact) mass is 345 g/mol. The van der Waals surface area contributed by atoms with Gasteiger partial charge in [0.05, 0.1) is 17.1 Å². The molecule has 0 aliphatic heterocycles. The summed E-state index contributed by atoms with van der Waals surface area (Å²) in [7, 11) is 0. The Balaban J connectivity index is 1.43. The molecule has 0 saturated heterocycles. The van der Waals surface area contributed by atoms with E-state index >= 15 is 0 Å². The second kappa shape index (κ2) is 6.84. The molecule has 6 nitrogen and oxygen atoms in total. The van der Waals surface area contributed by atoms with Gasteiger partial charge in [-0.15, -0.1) is 0 Å². The fourth-order valence-electron chi connectivity index (χ4n) is 2.92. The largest absolute Gasteiger partial charge is 0.338 e. The van der Waals surface area contributed by atoms with E-state index in [0.717, 1.165) is 28.1 Å². The molecule has 0 saturated carbocycles. The van der Waals surface area contributed by atoms with Gasteiger partial charge in [-0.05, 0) is 49.4 Å². The molecule has 0 fully saturated rings. The summed E-state index contributed by atoms with van der Waals surface area (Å²) in [6.45, 7) is 1.97. The highest BCUT2D eigenvalue weighted by Crippen LogP contribution is 2.22. The predicted molar refractivity (Wildman–Crippen MR) is 102 cm³/mol. The predicted octanol–water partition coefficient (Wildman–Crippen LogP) is 4.02. The number of hydrogen-bond acceptors (Lipinski definition) is 3. The zero-order valence-electron chi connectivity index (χ0n) is 14.4. The summed E-state index contributed by atoms with van der Waals surface area (Å²) >= 11 is 0. The van der Waals surface area contributed by atoms with Crippen molar-refractivity contribution in [3.05, 3.63) is 67.0 Å². The van der Waals surface area contributed by atoms with Crippen molar-refractivity contribution in [2.75, 3.05) is 5.32 Å². The number of benzene rings is 2. The first-order chi connectivity index (χ1) is 12.7. The summed E-state index contributed by atoms with van der Waals surface area (Å²) in [5.41, 5.74) is 3.69. The van der Waals surface area contributed by atoms with Crippen molar-refractivity contribution >= 4 is 22.6 Å². The minimum Gasteiger partial charge on any atom is -0.338 e. The summed E-state index contributed by atoms with van der Waals surface area (Å²) in [6, 6.07) is 17.5. The molecular formula is C20H19N5O. The minimum atomic E-state index is -0.0375. The Bertz CT molecular complexity index is 985. The summed E-state index contributed by atoms with van der Waals surface area (Å²) < 4.78 is 1.78. The molecule has 4 rings (SSSR count). The number of rotatable bonds is 5. The number of aromatic nitrogens is 4. The van der Waals surface area contributed by atoms with Crippen LogP contribution in [0.5, 0.6) is 0 Å². The summed E-state index contributed by atoms with van der Waals surface area (Å²) in [4.78, 5) is 20.1. The Kier molecular flexibility index (Phi) is 4.23. The third-order valence-electron chi connectivity index (χ3n) is 4.29. The highest BCUT2D eigenvalue weighted by atomic mass is 16.1. The quantitative estimate of drug-likeness (QED) is 0.574. The number of nitrogens with zero attached hydrogens (tertiary/aromatic N) is 3. The van der Waals surface area contributed by atoms with E-state index in [1.54, 1.807) is 10.9 Å². The third kappa shape index (κ3) is 3.35. The van der Waals surface area contributed by atoms with E-state index in [9.17, 15) is 4.79 Å². The molecule has 1 amide bonds. The number of hydrogen-bond donors (Lipinski definition) is 2. The first-order valence-electron chi connectivity index (χ1n) is 8.53. The smallest absolute Gasteiger partial charge is 0.226 e. The fraction of sp³-hybridized carbons (Fsp3) is 0.150. The number of carbonyl (C=O) groups excluding carboxylic acids is 1. The summed E-state index contributed by atoms with van der Waals surface area (Å²) in [5.74, 6) is 0.779. The second-order valence-electron chi connectivity index (χ2n) is 6.27. The van der Waals surface area contributed by atoms with Gasteiger partial charge in [0.25, 0.3) is 0 Å². The molecule has 0 radical (unpaired) electrons. The maximum Gasteiger partial charge on any atom is 0.226 e. The highest BCUT2D eigenvalue weighted by molar-refractivity contribution is 5.91. The lowest BCUT2D eigenvalue weighted by molar-refractivity contribution is -0.116. The average Bonchev–Trinajstić information content (AvgIpc) is 3.32. The van der Waals surface area contributed by atoms with Gasteiger partial charge in [0, 0.05) is 30.1 Å². The molecular weight excluding hydrogens is 326 g/mol. The van der Waals surface area contributed by atoms with Gasteiger partial charge in [-0.25, -0.2) is 4.98 Å². The van der Waals surface area contributed by atoms with E-state index in [0.29, 0.717) is 6.42 Å². The van der Waals surface area contributed by atoms with Crippen LogP contribution in [0.25, 0.3) is 22.4 Å². The standard InChI is InChI=1S/C20H19N5O/c1-14(25-12-4-11-21-25)13-19(26)22-16-9-7-15(8-10-16)20-23-17-5-2-3-6-18(17)24-20/h2-12,14H,13H2,1H3,(H,22,26)(H,23,24)/t14-/m1/s1. The summed E-state index contributed by atoms with van der Waals surface area (Å²) in [5, 5.41) is 7.09. The number of para-hydroxylation sites is 2. The van der Waals surface area contributed by atoms with Gasteiger partial charge in [-0.2, -0.15) is 5.10 Å². The van der Waals surface area contributed by atoms with Gasteiger partial charge in [0.1, 0.15) is 5.82 Å². The first kappa shape index (κ1) is 16.1. The van der Waals surface area contributed by atoms with E-state index in [4.69, 9.17) is 0 Å². The number of nitrogens with one attached hydrogen (secondary N) is 2. The number of amides is 1. The minimum absolute atomic E-state index is 0.0137. The number of anilines is 1. The topological polar surface area (TPSA) is 75.6 Å². The lowest BCUT2D eigenvalue weighted by Gasteiger charge is -2.12. The fourth-order valence-corrected chi connectivity index (χ4v) is 2.92. The number of H-pyrrole nitrogens is 1. The molecule has 0 spiro atoms. The Labute approximate surface area is 150 Å². The Morgan fingerprint density at radius 2 is 1.96 bits per heavy atom. The number of fused-ring (bicyclic) bond motifs is 1. The molecule has 0 aliphatic rings. The van der Waals surface area contributed by atoms with E-state index in [2.05, 4.69) is 20.4 Å². The molecule has 4 aromatic rings.